The van der Waals surface area contributed by atoms with Crippen molar-refractivity contribution in [1.82, 2.24) is 10.3 Å². The lowest BCUT2D eigenvalue weighted by Gasteiger charge is -2.10. The summed E-state index contributed by atoms with van der Waals surface area (Å²) in [5, 5.41) is 4.77. The standard InChI is InChI=1S/C15H15BrN2S2/c1-10(12-6-7-14(16)19-12)17-9-8-15-18-11-4-2-3-5-13(11)20-15/h2-7,10,17H,8-9H2,1H3. The van der Waals surface area contributed by atoms with Crippen LogP contribution in [0.3, 0.4) is 0 Å². The van der Waals surface area contributed by atoms with E-state index in [1.165, 1.54) is 18.4 Å². The first-order chi connectivity index (χ1) is 9.72. The zero-order chi connectivity index (χ0) is 13.9. The summed E-state index contributed by atoms with van der Waals surface area (Å²) in [5.41, 5.74) is 1.11. The molecule has 0 aliphatic carbocycles. The van der Waals surface area contributed by atoms with Crippen LogP contribution in [0.25, 0.3) is 10.2 Å². The number of nitrogens with zero attached hydrogens (tertiary/aromatic N) is 1. The number of hydrogen-bond donors (Lipinski definition) is 1. The Hall–Kier alpha value is -0.750. The van der Waals surface area contributed by atoms with Crippen molar-refractivity contribution in [2.45, 2.75) is 19.4 Å². The highest BCUT2D eigenvalue weighted by atomic mass is 79.9. The van der Waals surface area contributed by atoms with Gasteiger partial charge in [0.1, 0.15) is 0 Å². The molecule has 0 saturated heterocycles. The van der Waals surface area contributed by atoms with Gasteiger partial charge >= 0.3 is 0 Å². The maximum atomic E-state index is 4.66. The van der Waals surface area contributed by atoms with Gasteiger partial charge in [-0.2, -0.15) is 0 Å². The molecule has 20 heavy (non-hydrogen) atoms. The average Bonchev–Trinajstić information content (AvgIpc) is 3.04. The lowest BCUT2D eigenvalue weighted by atomic mass is 10.2. The number of nitrogens with one attached hydrogen (secondary N) is 1. The summed E-state index contributed by atoms with van der Waals surface area (Å²) in [5.74, 6) is 0. The van der Waals surface area contributed by atoms with Crippen LogP contribution >= 0.6 is 38.6 Å². The second-order valence-corrected chi connectivity index (χ2v) is 8.25. The van der Waals surface area contributed by atoms with E-state index < -0.39 is 0 Å². The summed E-state index contributed by atoms with van der Waals surface area (Å²) in [6, 6.07) is 13.0. The van der Waals surface area contributed by atoms with Crippen molar-refractivity contribution in [1.29, 1.82) is 0 Å². The van der Waals surface area contributed by atoms with Crippen molar-refractivity contribution in [3.63, 3.8) is 0 Å². The van der Waals surface area contributed by atoms with Crippen molar-refractivity contribution >= 4 is 48.8 Å². The normalized spacial score (nSPS) is 12.9. The van der Waals surface area contributed by atoms with Gasteiger partial charge in [0.05, 0.1) is 19.0 Å². The molecule has 1 aromatic carbocycles. The molecule has 104 valence electrons. The lowest BCUT2D eigenvalue weighted by molar-refractivity contribution is 0.584. The second-order valence-electron chi connectivity index (χ2n) is 4.64. The van der Waals surface area contributed by atoms with E-state index in [-0.39, 0.29) is 0 Å². The van der Waals surface area contributed by atoms with Gasteiger partial charge in [-0.25, -0.2) is 4.98 Å². The minimum atomic E-state index is 0.390. The number of benzene rings is 1. The fourth-order valence-corrected chi connectivity index (χ4v) is 4.50. The van der Waals surface area contributed by atoms with Gasteiger partial charge in [-0.05, 0) is 47.1 Å². The van der Waals surface area contributed by atoms with E-state index >= 15 is 0 Å². The minimum absolute atomic E-state index is 0.390. The zero-order valence-corrected chi connectivity index (χ0v) is 14.3. The smallest absolute Gasteiger partial charge is 0.0951 e. The third-order valence-electron chi connectivity index (χ3n) is 3.15. The van der Waals surface area contributed by atoms with E-state index in [4.69, 9.17) is 0 Å². The van der Waals surface area contributed by atoms with Crippen LogP contribution in [-0.4, -0.2) is 11.5 Å². The summed E-state index contributed by atoms with van der Waals surface area (Å²) >= 11 is 7.09. The van der Waals surface area contributed by atoms with E-state index in [0.717, 1.165) is 18.5 Å². The topological polar surface area (TPSA) is 24.9 Å². The van der Waals surface area contributed by atoms with Gasteiger partial charge in [-0.3, -0.25) is 0 Å². The highest BCUT2D eigenvalue weighted by molar-refractivity contribution is 9.11. The van der Waals surface area contributed by atoms with Crippen LogP contribution in [-0.2, 0) is 6.42 Å². The molecule has 5 heteroatoms. The maximum Gasteiger partial charge on any atom is 0.0951 e. The highest BCUT2D eigenvalue weighted by Gasteiger charge is 2.08. The van der Waals surface area contributed by atoms with Crippen LogP contribution in [0.2, 0.25) is 0 Å². The van der Waals surface area contributed by atoms with Gasteiger partial charge in [0.25, 0.3) is 0 Å². The van der Waals surface area contributed by atoms with E-state index in [1.54, 1.807) is 22.7 Å². The molecule has 2 aromatic heterocycles. The minimum Gasteiger partial charge on any atom is -0.309 e. The largest absolute Gasteiger partial charge is 0.309 e. The number of rotatable bonds is 5. The number of fused-ring (bicyclic) bond motifs is 1. The third kappa shape index (κ3) is 3.28. The van der Waals surface area contributed by atoms with Crippen LogP contribution in [0.5, 0.6) is 0 Å². The number of hydrogen-bond acceptors (Lipinski definition) is 4. The first-order valence-corrected chi connectivity index (χ1v) is 8.98. The average molecular weight is 367 g/mol. The highest BCUT2D eigenvalue weighted by Crippen LogP contribution is 2.27. The van der Waals surface area contributed by atoms with Crippen molar-refractivity contribution in [2.24, 2.45) is 0 Å². The molecule has 2 heterocycles. The summed E-state index contributed by atoms with van der Waals surface area (Å²) in [6.07, 6.45) is 0.982. The molecular formula is C15H15BrN2S2. The Morgan fingerprint density at radius 2 is 2.05 bits per heavy atom. The molecule has 1 unspecified atom stereocenters. The number of para-hydroxylation sites is 1. The van der Waals surface area contributed by atoms with E-state index in [9.17, 15) is 0 Å². The molecule has 3 aromatic rings. The first kappa shape index (κ1) is 14.2. The quantitative estimate of drug-likeness (QED) is 0.685. The van der Waals surface area contributed by atoms with E-state index in [0.29, 0.717) is 6.04 Å². The Morgan fingerprint density at radius 3 is 2.80 bits per heavy atom. The fraction of sp³-hybridized carbons (Fsp3) is 0.267. The number of halogens is 1. The molecule has 3 rings (SSSR count). The predicted molar refractivity (Wildman–Crippen MR) is 91.8 cm³/mol. The lowest BCUT2D eigenvalue weighted by Crippen LogP contribution is -2.20. The molecule has 0 spiro atoms. The maximum absolute atomic E-state index is 4.66. The zero-order valence-electron chi connectivity index (χ0n) is 11.1. The van der Waals surface area contributed by atoms with Gasteiger partial charge < -0.3 is 5.32 Å². The van der Waals surface area contributed by atoms with Crippen LogP contribution in [0.15, 0.2) is 40.2 Å². The summed E-state index contributed by atoms with van der Waals surface area (Å²) < 4.78 is 2.46. The first-order valence-electron chi connectivity index (χ1n) is 6.55. The fourth-order valence-electron chi connectivity index (χ4n) is 2.08. The van der Waals surface area contributed by atoms with Crippen LogP contribution in [0.4, 0.5) is 0 Å². The molecular weight excluding hydrogens is 352 g/mol. The van der Waals surface area contributed by atoms with Gasteiger partial charge in [0, 0.05) is 23.9 Å². The van der Waals surface area contributed by atoms with E-state index in [1.807, 2.05) is 6.07 Å². The number of aromatic nitrogens is 1. The number of thiophene rings is 1. The van der Waals surface area contributed by atoms with Crippen molar-refractivity contribution in [2.75, 3.05) is 6.54 Å². The van der Waals surface area contributed by atoms with Gasteiger partial charge in [-0.15, -0.1) is 22.7 Å². The summed E-state index contributed by atoms with van der Waals surface area (Å²) in [6.45, 7) is 3.16. The molecule has 0 bridgehead atoms. The second kappa shape index (κ2) is 6.35. The van der Waals surface area contributed by atoms with Gasteiger partial charge in [-0.1, -0.05) is 12.1 Å². The molecule has 0 aliphatic rings. The molecule has 1 N–H and O–H groups in total. The SMILES string of the molecule is CC(NCCc1nc2ccccc2s1)c1ccc(Br)s1. The van der Waals surface area contributed by atoms with Crippen LogP contribution in [0, 0.1) is 0 Å². The molecule has 1 atom stereocenters. The Bertz CT molecular complexity index is 672. The summed E-state index contributed by atoms with van der Waals surface area (Å²) in [7, 11) is 0. The predicted octanol–water partition coefficient (Wildman–Crippen LogP) is 5.01. The molecule has 0 saturated carbocycles. The Balaban J connectivity index is 1.57. The van der Waals surface area contributed by atoms with Gasteiger partial charge in [0.15, 0.2) is 0 Å². The van der Waals surface area contributed by atoms with Crippen molar-refractivity contribution in [3.05, 3.63) is 50.1 Å². The number of thiazole rings is 1. The Labute approximate surface area is 135 Å². The molecule has 2 nitrogen and oxygen atoms in total. The molecule has 0 aliphatic heterocycles. The van der Waals surface area contributed by atoms with Crippen molar-refractivity contribution < 1.29 is 0 Å². The molecule has 0 radical (unpaired) electrons. The third-order valence-corrected chi connectivity index (χ3v) is 6.05. The molecule has 0 fully saturated rings. The van der Waals surface area contributed by atoms with Crippen LogP contribution in [0.1, 0.15) is 22.9 Å². The summed E-state index contributed by atoms with van der Waals surface area (Å²) in [4.78, 5) is 6.02. The Kier molecular flexibility index (Phi) is 4.51. The van der Waals surface area contributed by atoms with Crippen molar-refractivity contribution in [3.8, 4) is 0 Å². The van der Waals surface area contributed by atoms with Gasteiger partial charge in [0.2, 0.25) is 0 Å². The monoisotopic (exact) mass is 366 g/mol. The Morgan fingerprint density at radius 1 is 1.20 bits per heavy atom. The molecule has 0 amide bonds. The van der Waals surface area contributed by atoms with E-state index in [2.05, 4.69) is 63.5 Å². The van der Waals surface area contributed by atoms with Crippen LogP contribution < -0.4 is 5.32 Å².